The van der Waals surface area contributed by atoms with E-state index in [0.717, 1.165) is 6.42 Å². The molecule has 0 aromatic carbocycles. The maximum atomic E-state index is 2.36. The minimum Gasteiger partial charge on any atom is -0.147 e. The van der Waals surface area contributed by atoms with E-state index in [4.69, 9.17) is 0 Å². The Morgan fingerprint density at radius 2 is 1.89 bits per heavy atom. The second-order valence-electron chi connectivity index (χ2n) is 5.48. The molecule has 0 atom stereocenters. The van der Waals surface area contributed by atoms with Crippen LogP contribution in [0.3, 0.4) is 0 Å². The first-order valence-corrected chi connectivity index (χ1v) is 7.80. The first-order chi connectivity index (χ1) is 7.94. The Bertz CT molecular complexity index is 484. The van der Waals surface area contributed by atoms with Crippen LogP contribution in [0.25, 0.3) is 0 Å². The topological polar surface area (TPSA) is 0 Å². The standard InChI is InChI=1S/C15H19S.2ClH.Ti/c1-11(2)13-9-10-16-14(13)15(3,4)12-7-5-6-8-12;;;/h5,7,9-11H,6H2,1-4H3;2*1H;. The van der Waals surface area contributed by atoms with E-state index in [-0.39, 0.29) is 30.2 Å². The summed E-state index contributed by atoms with van der Waals surface area (Å²) in [5.74, 6) is 0.613. The van der Waals surface area contributed by atoms with E-state index >= 15 is 0 Å². The van der Waals surface area contributed by atoms with Crippen LogP contribution in [0.15, 0.2) is 33.0 Å². The molecule has 105 valence electrons. The fourth-order valence-corrected chi connectivity index (χ4v) is 4.49. The zero-order valence-corrected chi connectivity index (χ0v) is 15.8. The van der Waals surface area contributed by atoms with Gasteiger partial charge in [-0.05, 0) is 0 Å². The van der Waals surface area contributed by atoms with Crippen molar-refractivity contribution >= 4 is 36.2 Å². The Kier molecular flexibility index (Phi) is 7.66. The second kappa shape index (κ2) is 7.47. The molecule has 0 saturated heterocycles. The zero-order valence-electron chi connectivity index (χ0n) is 11.8. The van der Waals surface area contributed by atoms with Gasteiger partial charge in [0.05, 0.1) is 0 Å². The Hall–Kier alpha value is 0.474. The molecule has 0 aliphatic heterocycles. The van der Waals surface area contributed by atoms with Crippen LogP contribution in [0.2, 0.25) is 0 Å². The molecule has 0 N–H and O–H groups in total. The van der Waals surface area contributed by atoms with Gasteiger partial charge in [-0.15, -0.1) is 24.8 Å². The molecule has 1 aliphatic rings. The molecule has 1 aliphatic carbocycles. The summed E-state index contributed by atoms with van der Waals surface area (Å²) in [7, 11) is 0. The van der Waals surface area contributed by atoms with E-state index in [2.05, 4.69) is 71.7 Å². The van der Waals surface area contributed by atoms with Gasteiger partial charge in [-0.25, -0.2) is 0 Å². The molecule has 0 spiro atoms. The summed E-state index contributed by atoms with van der Waals surface area (Å²) in [5, 5.41) is 2.24. The van der Waals surface area contributed by atoms with E-state index < -0.39 is 0 Å². The smallest absolute Gasteiger partial charge is 0.147 e. The van der Waals surface area contributed by atoms with Crippen LogP contribution < -0.4 is 0 Å². The summed E-state index contributed by atoms with van der Waals surface area (Å²) < 4.78 is 1.53. The average molecular weight is 352 g/mol. The number of rotatable bonds is 3. The van der Waals surface area contributed by atoms with Crippen LogP contribution in [0.4, 0.5) is 0 Å². The van der Waals surface area contributed by atoms with Gasteiger partial charge < -0.3 is 0 Å². The minimum atomic E-state index is 0. The van der Waals surface area contributed by atoms with Gasteiger partial charge in [0, 0.05) is 0 Å². The molecule has 4 heteroatoms. The molecule has 0 fully saturated rings. The van der Waals surface area contributed by atoms with Gasteiger partial charge in [0.2, 0.25) is 0 Å². The molecule has 0 saturated carbocycles. The first kappa shape index (κ1) is 19.5. The molecular formula is C15H21Cl2STi. The maximum Gasteiger partial charge on any atom is -0.147 e. The third-order valence-corrected chi connectivity index (χ3v) is 5.48. The van der Waals surface area contributed by atoms with Gasteiger partial charge in [0.25, 0.3) is 0 Å². The normalized spacial score (nSPS) is 14.5. The predicted molar refractivity (Wildman–Crippen MR) is 86.7 cm³/mol. The third kappa shape index (κ3) is 3.77. The zero-order chi connectivity index (χ0) is 12.6. The largest absolute Gasteiger partial charge is 0.147 e. The van der Waals surface area contributed by atoms with Gasteiger partial charge in [0.1, 0.15) is 0 Å². The minimum absolute atomic E-state index is 0. The molecule has 0 amide bonds. The molecule has 0 bridgehead atoms. The molecule has 0 nitrogen and oxygen atoms in total. The van der Waals surface area contributed by atoms with Crippen molar-refractivity contribution < 1.29 is 20.4 Å². The molecule has 1 aromatic heterocycles. The number of hydrogen-bond donors (Lipinski definition) is 0. The van der Waals surface area contributed by atoms with E-state index in [1.165, 1.54) is 19.9 Å². The van der Waals surface area contributed by atoms with Crippen molar-refractivity contribution in [1.29, 1.82) is 0 Å². The average Bonchev–Trinajstić information content (AvgIpc) is 2.84. The van der Waals surface area contributed by atoms with Gasteiger partial charge in [-0.2, -0.15) is 0 Å². The van der Waals surface area contributed by atoms with E-state index in [0.29, 0.717) is 5.92 Å². The summed E-state index contributed by atoms with van der Waals surface area (Å²) in [5.41, 5.74) is 3.19. The van der Waals surface area contributed by atoms with Crippen molar-refractivity contribution in [3.8, 4) is 0 Å². The van der Waals surface area contributed by atoms with Gasteiger partial charge >= 0.3 is 121 Å². The van der Waals surface area contributed by atoms with Crippen molar-refractivity contribution in [3.05, 3.63) is 43.5 Å². The molecule has 0 radical (unpaired) electrons. The van der Waals surface area contributed by atoms with Gasteiger partial charge in [-0.3, -0.25) is 0 Å². The van der Waals surface area contributed by atoms with Crippen LogP contribution in [-0.2, 0) is 25.9 Å². The number of halogens is 2. The summed E-state index contributed by atoms with van der Waals surface area (Å²) in [4.78, 5) is 1.54. The fourth-order valence-electron chi connectivity index (χ4n) is 2.49. The Morgan fingerprint density at radius 3 is 2.37 bits per heavy atom. The molecule has 1 aromatic rings. The molecule has 0 unspecified atom stereocenters. The predicted octanol–water partition coefficient (Wildman–Crippen LogP) is 5.75. The molecular weight excluding hydrogens is 331 g/mol. The van der Waals surface area contributed by atoms with Crippen LogP contribution in [-0.4, -0.2) is 0 Å². The maximum absolute atomic E-state index is 2.36. The number of thiophene rings is 1. The Labute approximate surface area is 145 Å². The van der Waals surface area contributed by atoms with Crippen LogP contribution in [0.5, 0.6) is 0 Å². The summed E-state index contributed by atoms with van der Waals surface area (Å²) >= 11 is 4.17. The fraction of sp³-hybridized carbons (Fsp3) is 0.467. The quantitative estimate of drug-likeness (QED) is 0.608. The van der Waals surface area contributed by atoms with Gasteiger partial charge in [0.15, 0.2) is 0 Å². The van der Waals surface area contributed by atoms with Crippen LogP contribution >= 0.6 is 36.2 Å². The summed E-state index contributed by atoms with van der Waals surface area (Å²) in [6.07, 6.45) is 5.73. The van der Waals surface area contributed by atoms with Crippen molar-refractivity contribution in [2.45, 2.75) is 45.4 Å². The van der Waals surface area contributed by atoms with Gasteiger partial charge in [-0.1, -0.05) is 0 Å². The number of hydrogen-bond acceptors (Lipinski definition) is 1. The van der Waals surface area contributed by atoms with Crippen molar-refractivity contribution in [3.63, 3.8) is 0 Å². The molecule has 19 heavy (non-hydrogen) atoms. The third-order valence-electron chi connectivity index (χ3n) is 3.49. The van der Waals surface area contributed by atoms with Crippen molar-refractivity contribution in [1.82, 2.24) is 0 Å². The summed E-state index contributed by atoms with van der Waals surface area (Å²) in [6.45, 7) is 9.29. The van der Waals surface area contributed by atoms with E-state index in [9.17, 15) is 0 Å². The molecule has 2 rings (SSSR count). The SMILES string of the molecule is CC(C)c1ccsc1C(C)(C)C1=[C]([Ti])CC=C1.Cl.Cl. The Morgan fingerprint density at radius 1 is 1.26 bits per heavy atom. The van der Waals surface area contributed by atoms with Crippen LogP contribution in [0.1, 0.15) is 50.5 Å². The Balaban J connectivity index is 0.00000162. The second-order valence-corrected chi connectivity index (χ2v) is 7.34. The molecule has 1 heterocycles. The van der Waals surface area contributed by atoms with Crippen molar-refractivity contribution in [2.24, 2.45) is 0 Å². The van der Waals surface area contributed by atoms with Crippen molar-refractivity contribution in [2.75, 3.05) is 0 Å². The van der Waals surface area contributed by atoms with E-state index in [1.54, 1.807) is 0 Å². The van der Waals surface area contributed by atoms with E-state index in [1.807, 2.05) is 11.3 Å². The summed E-state index contributed by atoms with van der Waals surface area (Å²) in [6, 6.07) is 2.29. The monoisotopic (exact) mass is 351 g/mol. The first-order valence-electron chi connectivity index (χ1n) is 6.14. The number of allylic oxidation sites excluding steroid dienone is 4. The van der Waals surface area contributed by atoms with Crippen LogP contribution in [0, 0.1) is 0 Å².